The Bertz CT molecular complexity index is 1030. The van der Waals surface area contributed by atoms with E-state index in [4.69, 9.17) is 9.97 Å². The van der Waals surface area contributed by atoms with Crippen molar-refractivity contribution in [1.82, 2.24) is 9.97 Å². The lowest BCUT2D eigenvalue weighted by molar-refractivity contribution is 0.922. The van der Waals surface area contributed by atoms with Gasteiger partial charge in [0.05, 0.1) is 22.4 Å². The lowest BCUT2D eigenvalue weighted by Gasteiger charge is -2.20. The van der Waals surface area contributed by atoms with Crippen LogP contribution in [0.2, 0.25) is 0 Å². The van der Waals surface area contributed by atoms with Gasteiger partial charge in [0.2, 0.25) is 0 Å². The summed E-state index contributed by atoms with van der Waals surface area (Å²) >= 11 is 0. The van der Waals surface area contributed by atoms with Gasteiger partial charge >= 0.3 is 0 Å². The molecule has 0 atom stereocenters. The van der Waals surface area contributed by atoms with Crippen molar-refractivity contribution >= 4 is 21.8 Å². The highest BCUT2D eigenvalue weighted by atomic mass is 14.8. The Labute approximate surface area is 141 Å². The van der Waals surface area contributed by atoms with Gasteiger partial charge in [-0.3, -0.25) is 0 Å². The number of pyridine rings is 2. The van der Waals surface area contributed by atoms with E-state index in [1.807, 2.05) is 0 Å². The molecular weight excluding hydrogens is 292 g/mol. The Morgan fingerprint density at radius 2 is 1.12 bits per heavy atom. The zero-order valence-electron chi connectivity index (χ0n) is 13.9. The van der Waals surface area contributed by atoms with Gasteiger partial charge < -0.3 is 0 Å². The number of hydrogen-bond donors (Lipinski definition) is 0. The lowest BCUT2D eigenvalue weighted by Crippen LogP contribution is -2.08. The first kappa shape index (κ1) is 13.7. The number of aromatic nitrogens is 2. The molecule has 1 aliphatic rings. The highest BCUT2D eigenvalue weighted by molar-refractivity contribution is 5.89. The Balaban J connectivity index is 1.86. The number of para-hydroxylation sites is 2. The Kier molecular flexibility index (Phi) is 2.78. The number of nitrogens with zero attached hydrogens (tertiary/aromatic N) is 2. The van der Waals surface area contributed by atoms with Crippen LogP contribution in [0.1, 0.15) is 22.3 Å². The van der Waals surface area contributed by atoms with Crippen LogP contribution in [0.5, 0.6) is 0 Å². The molecule has 2 aromatic heterocycles. The van der Waals surface area contributed by atoms with Crippen molar-refractivity contribution in [2.45, 2.75) is 26.7 Å². The first-order valence-electron chi connectivity index (χ1n) is 8.49. The first-order valence-corrected chi connectivity index (χ1v) is 8.49. The summed E-state index contributed by atoms with van der Waals surface area (Å²) in [6.45, 7) is 4.26. The van der Waals surface area contributed by atoms with Crippen LogP contribution in [0.25, 0.3) is 33.2 Å². The van der Waals surface area contributed by atoms with Crippen LogP contribution >= 0.6 is 0 Å². The average molecular weight is 310 g/mol. The maximum absolute atomic E-state index is 5.03. The van der Waals surface area contributed by atoms with E-state index >= 15 is 0 Å². The molecule has 0 N–H and O–H groups in total. The van der Waals surface area contributed by atoms with Crippen LogP contribution in [-0.2, 0) is 12.8 Å². The van der Waals surface area contributed by atoms with Crippen LogP contribution in [0.3, 0.4) is 0 Å². The first-order chi connectivity index (χ1) is 11.7. The third-order valence-corrected chi connectivity index (χ3v) is 5.14. The molecular formula is C22H18N2. The molecule has 0 fully saturated rings. The molecule has 0 bridgehead atoms. The van der Waals surface area contributed by atoms with Crippen LogP contribution in [0.4, 0.5) is 0 Å². The predicted molar refractivity (Wildman–Crippen MR) is 99.4 cm³/mol. The van der Waals surface area contributed by atoms with Gasteiger partial charge in [0, 0.05) is 10.8 Å². The predicted octanol–water partition coefficient (Wildman–Crippen LogP) is 5.17. The minimum atomic E-state index is 1.04. The zero-order chi connectivity index (χ0) is 16.3. The molecule has 2 heterocycles. The van der Waals surface area contributed by atoms with E-state index in [0.29, 0.717) is 0 Å². The van der Waals surface area contributed by atoms with E-state index in [2.05, 4.69) is 62.4 Å². The van der Waals surface area contributed by atoms with Crippen LogP contribution in [-0.4, -0.2) is 9.97 Å². The summed E-state index contributed by atoms with van der Waals surface area (Å²) in [6.07, 6.45) is 2.08. The molecule has 1 aliphatic carbocycles. The summed E-state index contributed by atoms with van der Waals surface area (Å²) < 4.78 is 0. The van der Waals surface area contributed by atoms with Crippen molar-refractivity contribution in [1.29, 1.82) is 0 Å². The Hall–Kier alpha value is -2.74. The second-order valence-corrected chi connectivity index (χ2v) is 6.79. The summed E-state index contributed by atoms with van der Waals surface area (Å²) in [5.74, 6) is 0. The Morgan fingerprint density at radius 1 is 0.667 bits per heavy atom. The molecule has 5 rings (SSSR count). The maximum Gasteiger partial charge on any atom is 0.0929 e. The number of fused-ring (bicyclic) bond motifs is 5. The quantitative estimate of drug-likeness (QED) is 0.448. The molecule has 2 heteroatoms. The van der Waals surface area contributed by atoms with Gasteiger partial charge in [0.1, 0.15) is 0 Å². The molecule has 0 aliphatic heterocycles. The minimum Gasteiger partial charge on any atom is -0.246 e. The van der Waals surface area contributed by atoms with Gasteiger partial charge in [0.15, 0.2) is 0 Å². The molecule has 116 valence electrons. The van der Waals surface area contributed by atoms with Crippen molar-refractivity contribution < 1.29 is 0 Å². The average Bonchev–Trinajstić information content (AvgIpc) is 2.60. The smallest absolute Gasteiger partial charge is 0.0929 e. The van der Waals surface area contributed by atoms with Crippen LogP contribution < -0.4 is 0 Å². The van der Waals surface area contributed by atoms with E-state index in [1.165, 1.54) is 33.0 Å². The van der Waals surface area contributed by atoms with Gasteiger partial charge in [-0.15, -0.1) is 0 Å². The van der Waals surface area contributed by atoms with Gasteiger partial charge in [-0.05, 0) is 61.1 Å². The van der Waals surface area contributed by atoms with E-state index in [-0.39, 0.29) is 0 Å². The fourth-order valence-corrected chi connectivity index (χ4v) is 3.84. The molecule has 0 radical (unpaired) electrons. The van der Waals surface area contributed by atoms with E-state index < -0.39 is 0 Å². The standard InChI is InChI=1S/C22H18N2/c1-13-5-3-7-15-11-17-9-10-18-12-16-8-4-6-14(2)20(16)24-22(18)21(17)23-19(13)15/h3-8,11-12H,9-10H2,1-2H3. The van der Waals surface area contributed by atoms with Crippen LogP contribution in [0, 0.1) is 13.8 Å². The van der Waals surface area contributed by atoms with Crippen molar-refractivity contribution in [3.8, 4) is 11.4 Å². The minimum absolute atomic E-state index is 1.04. The molecule has 0 saturated carbocycles. The highest BCUT2D eigenvalue weighted by Gasteiger charge is 2.21. The maximum atomic E-state index is 5.03. The van der Waals surface area contributed by atoms with Crippen molar-refractivity contribution in [3.63, 3.8) is 0 Å². The fourth-order valence-electron chi connectivity index (χ4n) is 3.84. The SMILES string of the molecule is Cc1cccc2cc3c(nc12)-c1nc2c(C)cccc2cc1CC3. The van der Waals surface area contributed by atoms with Crippen LogP contribution in [0.15, 0.2) is 48.5 Å². The summed E-state index contributed by atoms with van der Waals surface area (Å²) in [6, 6.07) is 17.4. The van der Waals surface area contributed by atoms with Crippen molar-refractivity contribution in [3.05, 3.63) is 70.8 Å². The van der Waals surface area contributed by atoms with E-state index in [9.17, 15) is 0 Å². The summed E-state index contributed by atoms with van der Waals surface area (Å²) in [5.41, 5.74) is 9.42. The molecule has 0 amide bonds. The molecule has 24 heavy (non-hydrogen) atoms. The highest BCUT2D eigenvalue weighted by Crippen LogP contribution is 2.35. The van der Waals surface area contributed by atoms with E-state index in [0.717, 1.165) is 35.3 Å². The molecule has 0 unspecified atom stereocenters. The van der Waals surface area contributed by atoms with Gasteiger partial charge in [-0.2, -0.15) is 0 Å². The summed E-state index contributed by atoms with van der Waals surface area (Å²) in [5, 5.41) is 2.46. The number of hydrogen-bond acceptors (Lipinski definition) is 2. The lowest BCUT2D eigenvalue weighted by atomic mass is 9.90. The number of rotatable bonds is 0. The van der Waals surface area contributed by atoms with Gasteiger partial charge in [-0.25, -0.2) is 9.97 Å². The number of aryl methyl sites for hydroxylation is 4. The summed E-state index contributed by atoms with van der Waals surface area (Å²) in [7, 11) is 0. The summed E-state index contributed by atoms with van der Waals surface area (Å²) in [4.78, 5) is 10.1. The molecule has 0 saturated heterocycles. The van der Waals surface area contributed by atoms with Gasteiger partial charge in [-0.1, -0.05) is 36.4 Å². The molecule has 0 spiro atoms. The third-order valence-electron chi connectivity index (χ3n) is 5.14. The van der Waals surface area contributed by atoms with Gasteiger partial charge in [0.25, 0.3) is 0 Å². The second-order valence-electron chi connectivity index (χ2n) is 6.79. The number of benzene rings is 2. The second kappa shape index (κ2) is 4.88. The van der Waals surface area contributed by atoms with Crippen molar-refractivity contribution in [2.75, 3.05) is 0 Å². The zero-order valence-corrected chi connectivity index (χ0v) is 13.9. The third kappa shape index (κ3) is 1.89. The normalized spacial score (nSPS) is 13.1. The van der Waals surface area contributed by atoms with Crippen molar-refractivity contribution in [2.24, 2.45) is 0 Å². The molecule has 2 aromatic carbocycles. The molecule has 4 aromatic rings. The fraction of sp³-hybridized carbons (Fsp3) is 0.182. The van der Waals surface area contributed by atoms with E-state index in [1.54, 1.807) is 0 Å². The Morgan fingerprint density at radius 3 is 1.58 bits per heavy atom. The largest absolute Gasteiger partial charge is 0.246 e. The molecule has 2 nitrogen and oxygen atoms in total. The monoisotopic (exact) mass is 310 g/mol. The topological polar surface area (TPSA) is 25.8 Å².